The zero-order valence-electron chi connectivity index (χ0n) is 10.8. The van der Waals surface area contributed by atoms with Crippen LogP contribution in [0.2, 0.25) is 0 Å². The summed E-state index contributed by atoms with van der Waals surface area (Å²) in [5.41, 5.74) is 10.9. The van der Waals surface area contributed by atoms with E-state index in [1.165, 1.54) is 5.57 Å². The minimum Gasteiger partial charge on any atom is -0.387 e. The number of nitrogens with two attached hydrogens (primary N) is 1. The Morgan fingerprint density at radius 3 is 2.67 bits per heavy atom. The van der Waals surface area contributed by atoms with E-state index >= 15 is 0 Å². The first-order valence-electron chi connectivity index (χ1n) is 5.90. The maximum atomic E-state index is 5.73. The Bertz CT molecular complexity index is 560. The van der Waals surface area contributed by atoms with Crippen molar-refractivity contribution in [3.05, 3.63) is 59.6 Å². The summed E-state index contributed by atoms with van der Waals surface area (Å²) in [5.74, 6) is 0.671. The van der Waals surface area contributed by atoms with Crippen LogP contribution in [0.1, 0.15) is 24.6 Å². The fraction of sp³-hybridized carbons (Fsp3) is 0.200. The first kappa shape index (κ1) is 12.3. The van der Waals surface area contributed by atoms with E-state index in [9.17, 15) is 0 Å². The van der Waals surface area contributed by atoms with Gasteiger partial charge in [0.15, 0.2) is 0 Å². The minimum absolute atomic E-state index is 0.671. The van der Waals surface area contributed by atoms with Crippen molar-refractivity contribution in [3.63, 3.8) is 0 Å². The molecular formula is C15H17N3. The number of allylic oxidation sites excluding steroid dienone is 3. The van der Waals surface area contributed by atoms with Gasteiger partial charge in [0, 0.05) is 23.9 Å². The summed E-state index contributed by atoms with van der Waals surface area (Å²) in [7, 11) is 0. The fourth-order valence-corrected chi connectivity index (χ4v) is 1.85. The quantitative estimate of drug-likeness (QED) is 0.824. The van der Waals surface area contributed by atoms with Gasteiger partial charge in [0.05, 0.1) is 5.70 Å². The first-order chi connectivity index (χ1) is 8.60. The molecule has 0 spiro atoms. The predicted molar refractivity (Wildman–Crippen MR) is 76.1 cm³/mol. The molecule has 92 valence electrons. The standard InChI is InChI=1S/C15H17N3/c1-4-12(13-6-5-11(3)17-9-13)8-14-10(2)7-15(16)18-14/h4-6,8-9H,1,7H2,2-3H3,(H2,16,18)/b12-8+. The molecule has 1 aliphatic heterocycles. The second kappa shape index (κ2) is 5.00. The molecule has 0 bridgehead atoms. The molecule has 3 nitrogen and oxygen atoms in total. The largest absolute Gasteiger partial charge is 0.387 e. The highest BCUT2D eigenvalue weighted by atomic mass is 14.9. The normalized spacial score (nSPS) is 15.9. The SMILES string of the molecule is C=C/C(=C\C1=C(C)CC(N)=N1)c1ccc(C)nc1. The molecule has 0 saturated carbocycles. The van der Waals surface area contributed by atoms with Crippen LogP contribution < -0.4 is 5.73 Å². The van der Waals surface area contributed by atoms with Gasteiger partial charge in [-0.3, -0.25) is 4.98 Å². The van der Waals surface area contributed by atoms with E-state index in [2.05, 4.69) is 16.6 Å². The maximum absolute atomic E-state index is 5.73. The molecule has 2 heterocycles. The van der Waals surface area contributed by atoms with E-state index in [1.54, 1.807) is 0 Å². The van der Waals surface area contributed by atoms with Crippen LogP contribution in [0, 0.1) is 6.92 Å². The average Bonchev–Trinajstić information content (AvgIpc) is 2.66. The Labute approximate surface area is 107 Å². The van der Waals surface area contributed by atoms with Crippen molar-refractivity contribution in [1.29, 1.82) is 0 Å². The Hall–Kier alpha value is -2.16. The summed E-state index contributed by atoms with van der Waals surface area (Å²) in [5, 5.41) is 0. The van der Waals surface area contributed by atoms with Crippen molar-refractivity contribution >= 4 is 11.4 Å². The van der Waals surface area contributed by atoms with Crippen molar-refractivity contribution in [2.75, 3.05) is 0 Å². The zero-order chi connectivity index (χ0) is 13.1. The van der Waals surface area contributed by atoms with E-state index < -0.39 is 0 Å². The number of pyridine rings is 1. The van der Waals surface area contributed by atoms with Crippen molar-refractivity contribution < 1.29 is 0 Å². The lowest BCUT2D eigenvalue weighted by Gasteiger charge is -2.03. The van der Waals surface area contributed by atoms with Gasteiger partial charge in [0.1, 0.15) is 5.84 Å². The third-order valence-corrected chi connectivity index (χ3v) is 2.90. The van der Waals surface area contributed by atoms with Gasteiger partial charge >= 0.3 is 0 Å². The molecule has 0 saturated heterocycles. The lowest BCUT2D eigenvalue weighted by molar-refractivity contribution is 1.19. The van der Waals surface area contributed by atoms with Gasteiger partial charge in [0.25, 0.3) is 0 Å². The predicted octanol–water partition coefficient (Wildman–Crippen LogP) is 2.99. The Balaban J connectivity index is 2.37. The number of aliphatic imine (C=N–C) groups is 1. The maximum Gasteiger partial charge on any atom is 0.104 e. The number of nitrogens with zero attached hydrogens (tertiary/aromatic N) is 2. The topological polar surface area (TPSA) is 51.3 Å². The van der Waals surface area contributed by atoms with Crippen LogP contribution in [0.3, 0.4) is 0 Å². The van der Waals surface area contributed by atoms with Gasteiger partial charge in [-0.2, -0.15) is 0 Å². The van der Waals surface area contributed by atoms with Gasteiger partial charge < -0.3 is 5.73 Å². The second-order valence-corrected chi connectivity index (χ2v) is 4.44. The highest BCUT2D eigenvalue weighted by Crippen LogP contribution is 2.24. The summed E-state index contributed by atoms with van der Waals surface area (Å²) < 4.78 is 0. The van der Waals surface area contributed by atoms with Gasteiger partial charge in [-0.1, -0.05) is 18.7 Å². The molecular weight excluding hydrogens is 222 g/mol. The molecule has 18 heavy (non-hydrogen) atoms. The molecule has 0 aliphatic carbocycles. The lowest BCUT2D eigenvalue weighted by Crippen LogP contribution is -2.07. The van der Waals surface area contributed by atoms with Gasteiger partial charge in [-0.15, -0.1) is 0 Å². The molecule has 2 rings (SSSR count). The fourth-order valence-electron chi connectivity index (χ4n) is 1.85. The summed E-state index contributed by atoms with van der Waals surface area (Å²) in [4.78, 5) is 8.62. The lowest BCUT2D eigenvalue weighted by atomic mass is 10.1. The highest BCUT2D eigenvalue weighted by Gasteiger charge is 2.10. The molecule has 0 amide bonds. The molecule has 0 unspecified atom stereocenters. The van der Waals surface area contributed by atoms with Crippen molar-refractivity contribution in [2.45, 2.75) is 20.3 Å². The Morgan fingerprint density at radius 1 is 1.39 bits per heavy atom. The molecule has 0 aromatic carbocycles. The summed E-state index contributed by atoms with van der Waals surface area (Å²) >= 11 is 0. The smallest absolute Gasteiger partial charge is 0.104 e. The van der Waals surface area contributed by atoms with Crippen molar-refractivity contribution in [2.24, 2.45) is 10.7 Å². The van der Waals surface area contributed by atoms with Gasteiger partial charge in [-0.25, -0.2) is 4.99 Å². The number of aromatic nitrogens is 1. The van der Waals surface area contributed by atoms with Crippen LogP contribution in [0.4, 0.5) is 0 Å². The van der Waals surface area contributed by atoms with E-state index in [0.717, 1.165) is 28.9 Å². The van der Waals surface area contributed by atoms with E-state index in [4.69, 9.17) is 5.73 Å². The number of aryl methyl sites for hydroxylation is 1. The Morgan fingerprint density at radius 2 is 2.17 bits per heavy atom. The van der Waals surface area contributed by atoms with Crippen LogP contribution in [0.5, 0.6) is 0 Å². The third kappa shape index (κ3) is 2.56. The first-order valence-corrected chi connectivity index (χ1v) is 5.90. The number of hydrogen-bond acceptors (Lipinski definition) is 3. The zero-order valence-corrected chi connectivity index (χ0v) is 10.8. The molecule has 1 aliphatic rings. The molecule has 0 fully saturated rings. The van der Waals surface area contributed by atoms with Crippen LogP contribution in [0.15, 0.2) is 53.3 Å². The molecule has 3 heteroatoms. The van der Waals surface area contributed by atoms with Crippen molar-refractivity contribution in [1.82, 2.24) is 4.98 Å². The number of amidine groups is 1. The molecule has 1 aromatic rings. The van der Waals surface area contributed by atoms with Gasteiger partial charge in [-0.05, 0) is 37.1 Å². The summed E-state index contributed by atoms with van der Waals surface area (Å²) in [6.07, 6.45) is 6.42. The number of hydrogen-bond donors (Lipinski definition) is 1. The highest BCUT2D eigenvalue weighted by molar-refractivity contribution is 5.88. The van der Waals surface area contributed by atoms with Crippen molar-refractivity contribution in [3.8, 4) is 0 Å². The van der Waals surface area contributed by atoms with Gasteiger partial charge in [0.2, 0.25) is 0 Å². The third-order valence-electron chi connectivity index (χ3n) is 2.90. The van der Waals surface area contributed by atoms with E-state index in [0.29, 0.717) is 5.84 Å². The molecule has 1 aromatic heterocycles. The number of rotatable bonds is 3. The average molecular weight is 239 g/mol. The van der Waals surface area contributed by atoms with Crippen LogP contribution in [-0.4, -0.2) is 10.8 Å². The molecule has 2 N–H and O–H groups in total. The second-order valence-electron chi connectivity index (χ2n) is 4.44. The minimum atomic E-state index is 0.671. The van der Waals surface area contributed by atoms with E-state index in [-0.39, 0.29) is 0 Å². The summed E-state index contributed by atoms with van der Waals surface area (Å²) in [6, 6.07) is 4.02. The van der Waals surface area contributed by atoms with Crippen LogP contribution >= 0.6 is 0 Å². The monoisotopic (exact) mass is 239 g/mol. The molecule has 0 atom stereocenters. The van der Waals surface area contributed by atoms with Crippen LogP contribution in [-0.2, 0) is 0 Å². The van der Waals surface area contributed by atoms with E-state index in [1.807, 2.05) is 44.3 Å². The van der Waals surface area contributed by atoms with Crippen LogP contribution in [0.25, 0.3) is 5.57 Å². The summed E-state index contributed by atoms with van der Waals surface area (Å²) in [6.45, 7) is 7.86. The molecule has 0 radical (unpaired) electrons. The Kier molecular flexibility index (Phi) is 3.42.